The molecular weight excluding hydrogens is 533 g/mol. The zero-order valence-electron chi connectivity index (χ0n) is 19.7. The second-order valence-corrected chi connectivity index (χ2v) is 9.21. The van der Waals surface area contributed by atoms with E-state index in [0.29, 0.717) is 12.1 Å². The van der Waals surface area contributed by atoms with E-state index in [1.165, 1.54) is 49.7 Å². The van der Waals surface area contributed by atoms with Gasteiger partial charge in [-0.2, -0.15) is 0 Å². The molecule has 5 aliphatic rings. The first kappa shape index (κ1) is 27.4. The Kier molecular flexibility index (Phi) is 10.3. The topological polar surface area (TPSA) is 131 Å². The molecule has 2 N–H and O–H groups in total. The fourth-order valence-electron chi connectivity index (χ4n) is 5.52. The third-order valence-corrected chi connectivity index (χ3v) is 7.07. The summed E-state index contributed by atoms with van der Waals surface area (Å²) in [6.45, 7) is 3.78. The van der Waals surface area contributed by atoms with E-state index in [-0.39, 0.29) is 19.5 Å². The average Bonchev–Trinajstić information content (AvgIpc) is 2.89. The molecule has 4 atom stereocenters. The third-order valence-electron chi connectivity index (χ3n) is 7.07. The number of hydrogen-bond acceptors (Lipinski definition) is 2. The monoisotopic (exact) mass is 566 g/mol. The molecule has 0 spiro atoms. The summed E-state index contributed by atoms with van der Waals surface area (Å²) in [5.74, 6) is -1.86. The maximum atomic E-state index is 9.10. The number of nitrogens with zero attached hydrogens (tertiary/aromatic N) is 4. The maximum Gasteiger partial charge on any atom is 4.00 e. The molecule has 0 amide bonds. The first-order chi connectivity index (χ1) is 16.5. The molecule has 1 saturated carbocycles. The summed E-state index contributed by atoms with van der Waals surface area (Å²) < 4.78 is 0. The minimum atomic E-state index is -1.82. The van der Waals surface area contributed by atoms with E-state index in [2.05, 4.69) is 47.1 Å². The number of piperidine rings is 2. The van der Waals surface area contributed by atoms with Gasteiger partial charge in [-0.3, -0.25) is 0 Å². The molecule has 8 nitrogen and oxygen atoms in total. The van der Waals surface area contributed by atoms with Crippen LogP contribution < -0.4 is 0 Å². The summed E-state index contributed by atoms with van der Waals surface area (Å²) in [6.07, 6.45) is 16.8. The van der Waals surface area contributed by atoms with Gasteiger partial charge < -0.3 is 31.5 Å². The number of carboxylic acid groups (broad SMARTS) is 2. The van der Waals surface area contributed by atoms with Gasteiger partial charge in [0.1, 0.15) is 0 Å². The fraction of sp³-hybridized carbons (Fsp3) is 0.538. The van der Waals surface area contributed by atoms with E-state index in [9.17, 15) is 0 Å². The molecule has 4 unspecified atom stereocenters. The van der Waals surface area contributed by atoms with Gasteiger partial charge in [0, 0.05) is 0 Å². The summed E-state index contributed by atoms with van der Waals surface area (Å²) in [5, 5.41) is 33.5. The van der Waals surface area contributed by atoms with Gasteiger partial charge in [-0.25, -0.2) is 9.59 Å². The quantitative estimate of drug-likeness (QED) is 0.296. The summed E-state index contributed by atoms with van der Waals surface area (Å²) >= 11 is 0. The number of carboxylic acids is 2. The van der Waals surface area contributed by atoms with Crippen LogP contribution in [0, 0.1) is 11.8 Å². The minimum absolute atomic E-state index is 0. The number of fused-ring (bicyclic) bond motifs is 6. The molecule has 9 heteroatoms. The second kappa shape index (κ2) is 13.2. The van der Waals surface area contributed by atoms with E-state index in [1.54, 1.807) is 0 Å². The van der Waals surface area contributed by atoms with E-state index >= 15 is 0 Å². The Morgan fingerprint density at radius 1 is 0.714 bits per heavy atom. The van der Waals surface area contributed by atoms with Crippen molar-refractivity contribution in [1.82, 2.24) is 0 Å². The van der Waals surface area contributed by atoms with Gasteiger partial charge in [0.05, 0.1) is 0 Å². The van der Waals surface area contributed by atoms with Crippen molar-refractivity contribution >= 4 is 35.5 Å². The van der Waals surface area contributed by atoms with Crippen LogP contribution in [0.4, 0.5) is 11.4 Å². The molecule has 188 valence electrons. The summed E-state index contributed by atoms with van der Waals surface area (Å²) in [6, 6.07) is 5.47. The Labute approximate surface area is 219 Å². The first-order valence-corrected chi connectivity index (χ1v) is 12.2. The van der Waals surface area contributed by atoms with E-state index in [0.717, 1.165) is 49.4 Å². The Balaban J connectivity index is 0.000000157. The van der Waals surface area contributed by atoms with Crippen molar-refractivity contribution in [1.29, 1.82) is 0 Å². The Hall–Kier alpha value is -2.22. The van der Waals surface area contributed by atoms with Crippen molar-refractivity contribution in [2.75, 3.05) is 26.2 Å². The zero-order chi connectivity index (χ0) is 23.9. The number of aliphatic carboxylic acids is 2. The molecule has 4 aliphatic heterocycles. The van der Waals surface area contributed by atoms with Gasteiger partial charge in [0.15, 0.2) is 0 Å². The molecule has 4 heterocycles. The predicted molar refractivity (Wildman–Crippen MR) is 134 cm³/mol. The van der Waals surface area contributed by atoms with E-state index in [4.69, 9.17) is 30.4 Å². The normalized spacial score (nSPS) is 27.1. The second-order valence-electron chi connectivity index (χ2n) is 9.21. The number of hydrogen-bond donors (Lipinski definition) is 2. The number of carbonyl (C=O) groups is 2. The standard InChI is InChI=1S/C12H20N2.C12H10N2.C2H2O4.Ru/c2*1-3-9-5-6-10-4-2-8-14-12(10)11(9)13-7-1;3-1(4)2(5)6;/h9-12H,1-8H2;1-6H,7-8H2;(H,3,4)(H,5,6);/q2*-2;;+4. The van der Waals surface area contributed by atoms with Gasteiger partial charge in [-0.15, -0.1) is 61.8 Å². The Morgan fingerprint density at radius 3 is 1.54 bits per heavy atom. The van der Waals surface area contributed by atoms with Crippen LogP contribution in [-0.4, -0.2) is 60.4 Å². The summed E-state index contributed by atoms with van der Waals surface area (Å²) in [5.41, 5.74) is 4.51. The molecule has 6 rings (SSSR count). The maximum absolute atomic E-state index is 9.10. The molecule has 0 bridgehead atoms. The van der Waals surface area contributed by atoms with Crippen molar-refractivity contribution in [2.45, 2.75) is 50.6 Å². The molecule has 35 heavy (non-hydrogen) atoms. The molecule has 2 saturated heterocycles. The van der Waals surface area contributed by atoms with Crippen LogP contribution in [0.1, 0.15) is 49.7 Å². The Morgan fingerprint density at radius 2 is 1.14 bits per heavy atom. The van der Waals surface area contributed by atoms with Crippen molar-refractivity contribution in [3.05, 3.63) is 56.7 Å². The molecule has 3 fully saturated rings. The third kappa shape index (κ3) is 6.93. The van der Waals surface area contributed by atoms with Gasteiger partial charge in [0.25, 0.3) is 0 Å². The van der Waals surface area contributed by atoms with Gasteiger partial charge in [-0.1, -0.05) is 74.6 Å². The van der Waals surface area contributed by atoms with E-state index < -0.39 is 11.9 Å². The van der Waals surface area contributed by atoms with Crippen LogP contribution in [0.15, 0.2) is 24.3 Å². The van der Waals surface area contributed by atoms with Crippen LogP contribution in [0.3, 0.4) is 0 Å². The predicted octanol–water partition coefficient (Wildman–Crippen LogP) is 5.99. The van der Waals surface area contributed by atoms with Crippen LogP contribution >= 0.6 is 0 Å². The summed E-state index contributed by atoms with van der Waals surface area (Å²) in [7, 11) is 0. The van der Waals surface area contributed by atoms with Crippen LogP contribution in [-0.2, 0) is 29.1 Å². The van der Waals surface area contributed by atoms with Crippen LogP contribution in [0.2, 0.25) is 0 Å². The molecule has 0 aromatic heterocycles. The number of rotatable bonds is 0. The molecule has 1 aromatic rings. The van der Waals surface area contributed by atoms with Crippen LogP contribution in [0.5, 0.6) is 0 Å². The number of benzene rings is 1. The fourth-order valence-corrected chi connectivity index (χ4v) is 5.52. The molecule has 0 radical (unpaired) electrons. The summed E-state index contributed by atoms with van der Waals surface area (Å²) in [4.78, 5) is 18.2. The van der Waals surface area contributed by atoms with Crippen molar-refractivity contribution in [3.8, 4) is 0 Å². The average molecular weight is 566 g/mol. The van der Waals surface area contributed by atoms with Crippen molar-refractivity contribution < 1.29 is 39.3 Å². The van der Waals surface area contributed by atoms with Crippen LogP contribution in [0.25, 0.3) is 33.4 Å². The zero-order valence-corrected chi connectivity index (χ0v) is 21.4. The van der Waals surface area contributed by atoms with E-state index in [1.807, 2.05) is 0 Å². The first-order valence-electron chi connectivity index (χ1n) is 12.2. The Bertz CT molecular complexity index is 877. The van der Waals surface area contributed by atoms with Crippen molar-refractivity contribution in [3.63, 3.8) is 0 Å². The smallest absolute Gasteiger partial charge is 0.682 e. The molecule has 1 aliphatic carbocycles. The molecule has 1 aromatic carbocycles. The SMILES string of the molecule is C1=Cc2ccc3c(c2[N-]C1)[N-]CC=C3.C1C[N-]C2C(C1)CCC1CCC[N-]C12.O=C(O)C(=O)O.[Ru+4]. The molecular formula is C26H32N4O4Ru. The van der Waals surface area contributed by atoms with Gasteiger partial charge >= 0.3 is 31.4 Å². The van der Waals surface area contributed by atoms with Gasteiger partial charge in [-0.05, 0) is 11.1 Å². The van der Waals surface area contributed by atoms with Gasteiger partial charge in [0.2, 0.25) is 0 Å². The minimum Gasteiger partial charge on any atom is -0.682 e. The largest absolute Gasteiger partial charge is 4.00 e. The van der Waals surface area contributed by atoms with Crippen molar-refractivity contribution in [2.24, 2.45) is 11.8 Å².